The van der Waals surface area contributed by atoms with Crippen LogP contribution in [0.3, 0.4) is 0 Å². The van der Waals surface area contributed by atoms with E-state index in [2.05, 4.69) is 34.6 Å². The second-order valence-corrected chi connectivity index (χ2v) is 5.73. The highest BCUT2D eigenvalue weighted by molar-refractivity contribution is 8.00. The van der Waals surface area contributed by atoms with Gasteiger partial charge in [-0.1, -0.05) is 23.4 Å². The minimum absolute atomic E-state index is 0.429. The number of halogens is 1. The third-order valence-electron chi connectivity index (χ3n) is 2.83. The molecule has 3 nitrogen and oxygen atoms in total. The van der Waals surface area contributed by atoms with Crippen LogP contribution in [0, 0.1) is 0 Å². The lowest BCUT2D eigenvalue weighted by molar-refractivity contribution is 0.572. The highest BCUT2D eigenvalue weighted by Gasteiger charge is 2.22. The second kappa shape index (κ2) is 4.70. The average Bonchev–Trinajstić information content (AvgIpc) is 2.94. The molecule has 0 bridgehead atoms. The van der Waals surface area contributed by atoms with Gasteiger partial charge in [0.25, 0.3) is 0 Å². The maximum Gasteiger partial charge on any atom is 0.0974 e. The second-order valence-electron chi connectivity index (χ2n) is 4.12. The van der Waals surface area contributed by atoms with E-state index in [4.69, 9.17) is 11.6 Å². The third kappa shape index (κ3) is 2.33. The Morgan fingerprint density at radius 2 is 2.29 bits per heavy atom. The van der Waals surface area contributed by atoms with Crippen molar-refractivity contribution >= 4 is 23.4 Å². The molecule has 1 aliphatic heterocycles. The molecule has 88 valence electrons. The SMILES string of the molecule is ClCc1cn(CC2Cc3ccccc3S2)nn1. The highest BCUT2D eigenvalue weighted by atomic mass is 35.5. The van der Waals surface area contributed by atoms with Crippen LogP contribution in [0.5, 0.6) is 0 Å². The van der Waals surface area contributed by atoms with Gasteiger partial charge >= 0.3 is 0 Å². The first kappa shape index (κ1) is 11.1. The summed E-state index contributed by atoms with van der Waals surface area (Å²) in [5.74, 6) is 0.429. The summed E-state index contributed by atoms with van der Waals surface area (Å²) in [6, 6.07) is 8.58. The molecule has 0 saturated heterocycles. The summed E-state index contributed by atoms with van der Waals surface area (Å²) in [7, 11) is 0. The van der Waals surface area contributed by atoms with Crippen molar-refractivity contribution in [3.05, 3.63) is 41.7 Å². The molecule has 1 atom stereocenters. The van der Waals surface area contributed by atoms with Crippen molar-refractivity contribution in [2.75, 3.05) is 0 Å². The summed E-state index contributed by atoms with van der Waals surface area (Å²) in [5.41, 5.74) is 2.28. The predicted molar refractivity (Wildman–Crippen MR) is 69.4 cm³/mol. The van der Waals surface area contributed by atoms with Crippen molar-refractivity contribution in [2.45, 2.75) is 29.0 Å². The summed E-state index contributed by atoms with van der Waals surface area (Å²) in [6.07, 6.45) is 3.04. The topological polar surface area (TPSA) is 30.7 Å². The van der Waals surface area contributed by atoms with Crippen LogP contribution in [0.25, 0.3) is 0 Å². The van der Waals surface area contributed by atoms with Gasteiger partial charge in [0.15, 0.2) is 0 Å². The van der Waals surface area contributed by atoms with Crippen LogP contribution < -0.4 is 0 Å². The van der Waals surface area contributed by atoms with E-state index >= 15 is 0 Å². The van der Waals surface area contributed by atoms with E-state index in [1.165, 1.54) is 10.5 Å². The minimum atomic E-state index is 0.429. The van der Waals surface area contributed by atoms with Gasteiger partial charge in [0, 0.05) is 16.3 Å². The van der Waals surface area contributed by atoms with Crippen LogP contribution in [0.2, 0.25) is 0 Å². The normalized spacial score (nSPS) is 18.3. The van der Waals surface area contributed by atoms with Gasteiger partial charge in [-0.05, 0) is 18.1 Å². The Morgan fingerprint density at radius 3 is 3.06 bits per heavy atom. The first-order chi connectivity index (χ1) is 8.35. The quantitative estimate of drug-likeness (QED) is 0.800. The molecular formula is C12H12ClN3S. The van der Waals surface area contributed by atoms with Gasteiger partial charge in [0.1, 0.15) is 0 Å². The van der Waals surface area contributed by atoms with E-state index in [-0.39, 0.29) is 0 Å². The fourth-order valence-corrected chi connectivity index (χ4v) is 3.49. The van der Waals surface area contributed by atoms with E-state index in [1.807, 2.05) is 22.6 Å². The minimum Gasteiger partial charge on any atom is -0.251 e. The van der Waals surface area contributed by atoms with Crippen LogP contribution in [-0.4, -0.2) is 20.2 Å². The number of rotatable bonds is 3. The van der Waals surface area contributed by atoms with Gasteiger partial charge in [-0.15, -0.1) is 28.5 Å². The maximum atomic E-state index is 5.71. The molecule has 0 aliphatic carbocycles. The molecule has 5 heteroatoms. The summed E-state index contributed by atoms with van der Waals surface area (Å²) in [6.45, 7) is 0.892. The molecular weight excluding hydrogens is 254 g/mol. The van der Waals surface area contributed by atoms with E-state index in [0.29, 0.717) is 11.1 Å². The van der Waals surface area contributed by atoms with Gasteiger partial charge in [-0.3, -0.25) is 4.68 Å². The number of fused-ring (bicyclic) bond motifs is 1. The van der Waals surface area contributed by atoms with E-state index < -0.39 is 0 Å². The summed E-state index contributed by atoms with van der Waals surface area (Å²) < 4.78 is 1.89. The molecule has 0 amide bonds. The average molecular weight is 266 g/mol. The molecule has 1 unspecified atom stereocenters. The number of hydrogen-bond donors (Lipinski definition) is 0. The molecule has 0 radical (unpaired) electrons. The Bertz CT molecular complexity index is 501. The number of alkyl halides is 1. The van der Waals surface area contributed by atoms with Crippen LogP contribution >= 0.6 is 23.4 Å². The zero-order valence-corrected chi connectivity index (χ0v) is 10.8. The third-order valence-corrected chi connectivity index (χ3v) is 4.40. The Hall–Kier alpha value is -1.00. The molecule has 2 heterocycles. The Labute approximate surface area is 109 Å². The Kier molecular flexibility index (Phi) is 3.07. The van der Waals surface area contributed by atoms with Gasteiger partial charge in [0.2, 0.25) is 0 Å². The number of hydrogen-bond acceptors (Lipinski definition) is 3. The molecule has 0 fully saturated rings. The van der Waals surface area contributed by atoms with Crippen molar-refractivity contribution in [3.63, 3.8) is 0 Å². The molecule has 0 N–H and O–H groups in total. The first-order valence-electron chi connectivity index (χ1n) is 5.54. The molecule has 1 aromatic carbocycles. The van der Waals surface area contributed by atoms with Crippen LogP contribution in [0.1, 0.15) is 11.3 Å². The molecule has 1 aliphatic rings. The molecule has 17 heavy (non-hydrogen) atoms. The van der Waals surface area contributed by atoms with E-state index in [9.17, 15) is 0 Å². The van der Waals surface area contributed by atoms with Crippen LogP contribution in [0.4, 0.5) is 0 Å². The van der Waals surface area contributed by atoms with Gasteiger partial charge in [-0.2, -0.15) is 0 Å². The zero-order chi connectivity index (χ0) is 11.7. The zero-order valence-electron chi connectivity index (χ0n) is 9.21. The summed E-state index contributed by atoms with van der Waals surface area (Å²) in [4.78, 5) is 1.40. The summed E-state index contributed by atoms with van der Waals surface area (Å²) >= 11 is 7.64. The number of aromatic nitrogens is 3. The monoisotopic (exact) mass is 265 g/mol. The molecule has 1 aromatic heterocycles. The molecule has 0 spiro atoms. The lowest BCUT2D eigenvalue weighted by Gasteiger charge is -2.06. The number of nitrogens with zero attached hydrogens (tertiary/aromatic N) is 3. The largest absolute Gasteiger partial charge is 0.251 e. The van der Waals surface area contributed by atoms with Crippen molar-refractivity contribution in [1.82, 2.24) is 15.0 Å². The number of thioether (sulfide) groups is 1. The smallest absolute Gasteiger partial charge is 0.0974 e. The fraction of sp³-hybridized carbons (Fsp3) is 0.333. The van der Waals surface area contributed by atoms with E-state index in [1.54, 1.807) is 0 Å². The lowest BCUT2D eigenvalue weighted by atomic mass is 10.1. The van der Waals surface area contributed by atoms with Gasteiger partial charge in [0.05, 0.1) is 18.1 Å². The first-order valence-corrected chi connectivity index (χ1v) is 6.96. The van der Waals surface area contributed by atoms with Crippen LogP contribution in [-0.2, 0) is 18.8 Å². The van der Waals surface area contributed by atoms with Crippen LogP contribution in [0.15, 0.2) is 35.4 Å². The highest BCUT2D eigenvalue weighted by Crippen LogP contribution is 2.37. The van der Waals surface area contributed by atoms with Crippen molar-refractivity contribution in [1.29, 1.82) is 0 Å². The fourth-order valence-electron chi connectivity index (χ4n) is 2.05. The lowest BCUT2D eigenvalue weighted by Crippen LogP contribution is -2.12. The van der Waals surface area contributed by atoms with Crippen molar-refractivity contribution < 1.29 is 0 Å². The predicted octanol–water partition coefficient (Wildman–Crippen LogP) is 2.73. The molecule has 3 rings (SSSR count). The van der Waals surface area contributed by atoms with Crippen molar-refractivity contribution in [2.24, 2.45) is 0 Å². The van der Waals surface area contributed by atoms with Gasteiger partial charge in [-0.25, -0.2) is 0 Å². The van der Waals surface area contributed by atoms with Gasteiger partial charge < -0.3 is 0 Å². The Balaban J connectivity index is 1.69. The summed E-state index contributed by atoms with van der Waals surface area (Å²) in [5, 5.41) is 8.63. The Morgan fingerprint density at radius 1 is 1.41 bits per heavy atom. The van der Waals surface area contributed by atoms with Crippen molar-refractivity contribution in [3.8, 4) is 0 Å². The maximum absolute atomic E-state index is 5.71. The standard InChI is InChI=1S/C12H12ClN3S/c13-6-10-7-16(15-14-10)8-11-5-9-3-1-2-4-12(9)17-11/h1-4,7,11H,5-6,8H2. The molecule has 0 saturated carbocycles. The van der Waals surface area contributed by atoms with E-state index in [0.717, 1.165) is 18.7 Å². The molecule has 2 aromatic rings. The number of benzene rings is 1.